The van der Waals surface area contributed by atoms with E-state index >= 15 is 0 Å². The van der Waals surface area contributed by atoms with E-state index in [0.717, 1.165) is 30.0 Å². The van der Waals surface area contributed by atoms with Crippen molar-refractivity contribution >= 4 is 17.5 Å². The maximum atomic E-state index is 13.3. The van der Waals surface area contributed by atoms with Gasteiger partial charge in [-0.1, -0.05) is 13.0 Å². The van der Waals surface area contributed by atoms with Crippen LogP contribution in [0.5, 0.6) is 0 Å². The summed E-state index contributed by atoms with van der Waals surface area (Å²) in [4.78, 5) is 26.4. The van der Waals surface area contributed by atoms with E-state index in [2.05, 4.69) is 22.4 Å². The molecule has 9 nitrogen and oxygen atoms in total. The molecule has 0 aliphatic carbocycles. The Morgan fingerprint density at radius 1 is 1.23 bits per heavy atom. The number of nitrogens with zero attached hydrogens (tertiary/aromatic N) is 7. The lowest BCUT2D eigenvalue weighted by Gasteiger charge is -2.15. The minimum absolute atomic E-state index is 0.0625. The van der Waals surface area contributed by atoms with Crippen molar-refractivity contribution < 1.29 is 4.79 Å². The van der Waals surface area contributed by atoms with Gasteiger partial charge in [0.1, 0.15) is 23.7 Å². The first-order valence-corrected chi connectivity index (χ1v) is 10.0. The fraction of sp³-hybridized carbons (Fsp3) is 0.381. The molecule has 0 unspecified atom stereocenters. The number of carbonyl (C=O) groups is 1. The standard InChI is InChI=1S/C21H26N8O/c1-5-9-28-13-23-26-20(28)16-7-6-8-18(24-16)29-12-15-14(21(29)30)10-19(27(3)4)25-17(15)11-22-2/h6-8,10,13,22H,5,9,11-12H2,1-4H3. The van der Waals surface area contributed by atoms with Crippen LogP contribution in [0.2, 0.25) is 0 Å². The average molecular weight is 406 g/mol. The Labute approximate surface area is 175 Å². The second kappa shape index (κ2) is 8.19. The second-order valence-electron chi connectivity index (χ2n) is 7.50. The number of rotatable bonds is 7. The number of fused-ring (bicyclic) bond motifs is 1. The number of aromatic nitrogens is 5. The Bertz CT molecular complexity index is 1070. The van der Waals surface area contributed by atoms with Crippen molar-refractivity contribution in [3.8, 4) is 11.5 Å². The lowest BCUT2D eigenvalue weighted by atomic mass is 10.1. The molecular formula is C21H26N8O. The Hall–Kier alpha value is -3.33. The van der Waals surface area contributed by atoms with E-state index in [1.165, 1.54) is 0 Å². The summed E-state index contributed by atoms with van der Waals surface area (Å²) in [6.07, 6.45) is 2.68. The summed E-state index contributed by atoms with van der Waals surface area (Å²) in [7, 11) is 5.72. The Morgan fingerprint density at radius 2 is 2.07 bits per heavy atom. The van der Waals surface area contributed by atoms with Gasteiger partial charge < -0.3 is 14.8 Å². The van der Waals surface area contributed by atoms with Crippen molar-refractivity contribution in [1.29, 1.82) is 0 Å². The second-order valence-corrected chi connectivity index (χ2v) is 7.50. The summed E-state index contributed by atoms with van der Waals surface area (Å²) in [5.41, 5.74) is 3.21. The lowest BCUT2D eigenvalue weighted by Crippen LogP contribution is -2.24. The molecule has 0 saturated carbocycles. The molecule has 3 aromatic rings. The number of hydrogen-bond acceptors (Lipinski definition) is 7. The summed E-state index contributed by atoms with van der Waals surface area (Å²) in [5.74, 6) is 2.01. The molecule has 0 fully saturated rings. The van der Waals surface area contributed by atoms with Crippen molar-refractivity contribution in [2.75, 3.05) is 30.9 Å². The largest absolute Gasteiger partial charge is 0.363 e. The molecule has 0 saturated heterocycles. The van der Waals surface area contributed by atoms with Crippen molar-refractivity contribution in [3.05, 3.63) is 47.4 Å². The van der Waals surface area contributed by atoms with Gasteiger partial charge in [-0.15, -0.1) is 10.2 Å². The normalized spacial score (nSPS) is 13.1. The summed E-state index contributed by atoms with van der Waals surface area (Å²) in [5, 5.41) is 11.4. The van der Waals surface area contributed by atoms with Gasteiger partial charge in [0.2, 0.25) is 0 Å². The highest BCUT2D eigenvalue weighted by molar-refractivity contribution is 6.10. The third kappa shape index (κ3) is 3.52. The molecule has 1 aliphatic rings. The molecule has 30 heavy (non-hydrogen) atoms. The minimum Gasteiger partial charge on any atom is -0.363 e. The maximum Gasteiger partial charge on any atom is 0.260 e. The zero-order chi connectivity index (χ0) is 21.3. The van der Waals surface area contributed by atoms with E-state index in [9.17, 15) is 4.79 Å². The average Bonchev–Trinajstić information content (AvgIpc) is 3.33. The Kier molecular flexibility index (Phi) is 5.45. The third-order valence-corrected chi connectivity index (χ3v) is 5.11. The lowest BCUT2D eigenvalue weighted by molar-refractivity contribution is 0.0996. The zero-order valence-corrected chi connectivity index (χ0v) is 17.8. The van der Waals surface area contributed by atoms with Gasteiger partial charge in [0.25, 0.3) is 5.91 Å². The quantitative estimate of drug-likeness (QED) is 0.642. The van der Waals surface area contributed by atoms with Gasteiger partial charge in [0.15, 0.2) is 5.82 Å². The van der Waals surface area contributed by atoms with Crippen LogP contribution in [0.25, 0.3) is 11.5 Å². The maximum absolute atomic E-state index is 13.3. The van der Waals surface area contributed by atoms with E-state index in [0.29, 0.717) is 36.0 Å². The molecule has 156 valence electrons. The number of aryl methyl sites for hydroxylation is 1. The molecule has 3 aromatic heterocycles. The number of pyridine rings is 2. The van der Waals surface area contributed by atoms with E-state index in [-0.39, 0.29) is 5.91 Å². The smallest absolute Gasteiger partial charge is 0.260 e. The van der Waals surface area contributed by atoms with Crippen LogP contribution in [0.1, 0.15) is 35.0 Å². The summed E-state index contributed by atoms with van der Waals surface area (Å²) >= 11 is 0. The minimum atomic E-state index is -0.0625. The first-order valence-electron chi connectivity index (χ1n) is 10.0. The first-order chi connectivity index (χ1) is 14.5. The number of nitrogens with one attached hydrogen (secondary N) is 1. The van der Waals surface area contributed by atoms with Crippen LogP contribution in [-0.2, 0) is 19.6 Å². The monoisotopic (exact) mass is 406 g/mol. The van der Waals surface area contributed by atoms with Crippen LogP contribution in [0.15, 0.2) is 30.6 Å². The molecule has 4 rings (SSSR count). The molecule has 9 heteroatoms. The van der Waals surface area contributed by atoms with Gasteiger partial charge in [0, 0.05) is 32.7 Å². The molecule has 1 amide bonds. The first kappa shape index (κ1) is 20.0. The Balaban J connectivity index is 1.71. The molecule has 0 radical (unpaired) electrons. The van der Waals surface area contributed by atoms with Crippen LogP contribution in [0, 0.1) is 0 Å². The number of amides is 1. The van der Waals surface area contributed by atoms with Gasteiger partial charge in [0.05, 0.1) is 17.8 Å². The van der Waals surface area contributed by atoms with Gasteiger partial charge in [-0.2, -0.15) is 0 Å². The number of hydrogen-bond donors (Lipinski definition) is 1. The van der Waals surface area contributed by atoms with E-state index in [4.69, 9.17) is 9.97 Å². The van der Waals surface area contributed by atoms with Crippen molar-refractivity contribution in [3.63, 3.8) is 0 Å². The summed E-state index contributed by atoms with van der Waals surface area (Å²) < 4.78 is 1.98. The summed E-state index contributed by atoms with van der Waals surface area (Å²) in [6, 6.07) is 7.51. The molecule has 0 atom stereocenters. The molecule has 0 spiro atoms. The molecule has 1 aliphatic heterocycles. The molecule has 4 heterocycles. The zero-order valence-electron chi connectivity index (χ0n) is 17.8. The predicted octanol–water partition coefficient (Wildman–Crippen LogP) is 2.09. The van der Waals surface area contributed by atoms with Crippen molar-refractivity contribution in [2.45, 2.75) is 33.0 Å². The number of carbonyl (C=O) groups excluding carboxylic acids is 1. The van der Waals surface area contributed by atoms with Gasteiger partial charge in [-0.25, -0.2) is 9.97 Å². The van der Waals surface area contributed by atoms with E-state index < -0.39 is 0 Å². The van der Waals surface area contributed by atoms with Crippen LogP contribution in [0.4, 0.5) is 11.6 Å². The SMILES string of the molecule is CCCn1cnnc1-c1cccc(N2Cc3c(cc(N(C)C)nc3CNC)C2=O)n1. The van der Waals surface area contributed by atoms with E-state index in [1.54, 1.807) is 11.2 Å². The predicted molar refractivity (Wildman–Crippen MR) is 115 cm³/mol. The van der Waals surface area contributed by atoms with Gasteiger partial charge in [-0.3, -0.25) is 9.69 Å². The van der Waals surface area contributed by atoms with Crippen LogP contribution in [0.3, 0.4) is 0 Å². The highest BCUT2D eigenvalue weighted by Crippen LogP contribution is 2.32. The molecule has 0 aromatic carbocycles. The van der Waals surface area contributed by atoms with Gasteiger partial charge >= 0.3 is 0 Å². The van der Waals surface area contributed by atoms with E-state index in [1.807, 2.05) is 54.9 Å². The number of anilines is 2. The fourth-order valence-corrected chi connectivity index (χ4v) is 3.64. The molecule has 0 bridgehead atoms. The fourth-order valence-electron chi connectivity index (χ4n) is 3.64. The Morgan fingerprint density at radius 3 is 2.80 bits per heavy atom. The van der Waals surface area contributed by atoms with Crippen LogP contribution >= 0.6 is 0 Å². The third-order valence-electron chi connectivity index (χ3n) is 5.11. The van der Waals surface area contributed by atoms with Crippen LogP contribution in [-0.4, -0.2) is 51.8 Å². The molecule has 1 N–H and O–H groups in total. The highest BCUT2D eigenvalue weighted by Gasteiger charge is 2.33. The highest BCUT2D eigenvalue weighted by atomic mass is 16.2. The topological polar surface area (TPSA) is 92.1 Å². The molecular weight excluding hydrogens is 380 g/mol. The van der Waals surface area contributed by atoms with Crippen molar-refractivity contribution in [1.82, 2.24) is 30.0 Å². The van der Waals surface area contributed by atoms with Gasteiger partial charge in [-0.05, 0) is 31.7 Å². The van der Waals surface area contributed by atoms with Crippen LogP contribution < -0.4 is 15.1 Å². The summed E-state index contributed by atoms with van der Waals surface area (Å²) in [6.45, 7) is 3.96. The van der Waals surface area contributed by atoms with Crippen molar-refractivity contribution in [2.24, 2.45) is 0 Å².